The van der Waals surface area contributed by atoms with E-state index in [-0.39, 0.29) is 43.4 Å². The van der Waals surface area contributed by atoms with Crippen LogP contribution in [0.25, 0.3) is 0 Å². The molecule has 0 aliphatic carbocycles. The second kappa shape index (κ2) is 18.6. The number of benzene rings is 2. The SMILES string of the molecule is COc1ccc(CO[C@@H]2C[C@H](CCO)OC(O)(C[C@H](O)C[C@@H](O)C[C@@H](CCO[Si](C)(C)C(C)(C)C)OC(=O)c3ccc(OC)cc3)C2)cc1. The fraction of sp³-hybridized carbons (Fsp3) is 0.649. The molecule has 2 aromatic rings. The number of carbonyl (C=O) groups is 1. The maximum absolute atomic E-state index is 13.1. The first-order valence-electron chi connectivity index (χ1n) is 17.2. The van der Waals surface area contributed by atoms with E-state index in [4.69, 9.17) is 28.1 Å². The first kappa shape index (κ1) is 40.9. The molecular weight excluding hydrogens is 648 g/mol. The van der Waals surface area contributed by atoms with Gasteiger partial charge in [-0.1, -0.05) is 32.9 Å². The molecule has 1 aliphatic heterocycles. The average molecular weight is 707 g/mol. The second-order valence-corrected chi connectivity index (χ2v) is 19.4. The number of aliphatic hydroxyl groups is 4. The molecule has 4 N–H and O–H groups in total. The van der Waals surface area contributed by atoms with Gasteiger partial charge in [0, 0.05) is 45.3 Å². The van der Waals surface area contributed by atoms with Crippen molar-refractivity contribution in [1.29, 1.82) is 0 Å². The maximum Gasteiger partial charge on any atom is 0.338 e. The van der Waals surface area contributed by atoms with Crippen molar-refractivity contribution < 1.29 is 53.3 Å². The lowest BCUT2D eigenvalue weighted by Gasteiger charge is -2.42. The third-order valence-electron chi connectivity index (χ3n) is 9.50. The normalized spacial score (nSPS) is 21.9. The van der Waals surface area contributed by atoms with Crippen LogP contribution in [-0.2, 0) is 25.2 Å². The van der Waals surface area contributed by atoms with E-state index in [2.05, 4.69) is 33.9 Å². The van der Waals surface area contributed by atoms with Gasteiger partial charge in [0.2, 0.25) is 0 Å². The Hall–Kier alpha value is -2.55. The minimum atomic E-state index is -2.06. The van der Waals surface area contributed by atoms with Crippen LogP contribution in [0.1, 0.15) is 81.6 Å². The standard InChI is InChI=1S/C37H58O11Si/c1-36(2,3)49(6,7)46-19-17-32(47-35(41)27-10-14-31(44-5)15-11-27)21-28(39)20-29(40)23-37(42)24-34(22-33(48-37)16-18-38)45-25-26-8-12-30(43-4)13-9-26/h8-15,28-29,32-34,38-40,42H,16-25H2,1-7H3/t28-,29-,32-,33+,34-,37?/m1/s1. The summed E-state index contributed by atoms with van der Waals surface area (Å²) >= 11 is 0. The van der Waals surface area contributed by atoms with Crippen molar-refractivity contribution in [3.05, 3.63) is 59.7 Å². The van der Waals surface area contributed by atoms with E-state index in [0.29, 0.717) is 43.8 Å². The van der Waals surface area contributed by atoms with Crippen molar-refractivity contribution in [2.24, 2.45) is 0 Å². The number of aliphatic hydroxyl groups excluding tert-OH is 3. The molecule has 1 unspecified atom stereocenters. The highest BCUT2D eigenvalue weighted by Crippen LogP contribution is 2.37. The van der Waals surface area contributed by atoms with Crippen LogP contribution in [0.2, 0.25) is 18.1 Å². The lowest BCUT2D eigenvalue weighted by atomic mass is 9.91. The van der Waals surface area contributed by atoms with E-state index in [1.54, 1.807) is 38.5 Å². The Morgan fingerprint density at radius 1 is 0.980 bits per heavy atom. The topological polar surface area (TPSA) is 153 Å². The quantitative estimate of drug-likeness (QED) is 0.110. The van der Waals surface area contributed by atoms with Crippen LogP contribution < -0.4 is 9.47 Å². The lowest BCUT2D eigenvalue weighted by molar-refractivity contribution is -0.289. The molecule has 0 amide bonds. The second-order valence-electron chi connectivity index (χ2n) is 14.6. The van der Waals surface area contributed by atoms with Crippen molar-refractivity contribution in [1.82, 2.24) is 0 Å². The summed E-state index contributed by atoms with van der Waals surface area (Å²) in [6.45, 7) is 11.3. The summed E-state index contributed by atoms with van der Waals surface area (Å²) in [5.74, 6) is -0.904. The maximum atomic E-state index is 13.1. The highest BCUT2D eigenvalue weighted by Gasteiger charge is 2.42. The van der Waals surface area contributed by atoms with Gasteiger partial charge in [-0.25, -0.2) is 4.79 Å². The Labute approximate surface area is 292 Å². The van der Waals surface area contributed by atoms with Gasteiger partial charge < -0.3 is 48.5 Å². The number of hydrogen-bond donors (Lipinski definition) is 4. The van der Waals surface area contributed by atoms with E-state index in [1.807, 2.05) is 24.3 Å². The van der Waals surface area contributed by atoms with Gasteiger partial charge in [-0.3, -0.25) is 0 Å². The third kappa shape index (κ3) is 13.3. The highest BCUT2D eigenvalue weighted by molar-refractivity contribution is 6.74. The summed E-state index contributed by atoms with van der Waals surface area (Å²) in [6, 6.07) is 14.1. The lowest BCUT2D eigenvalue weighted by Crippen LogP contribution is -2.49. The zero-order valence-corrected chi connectivity index (χ0v) is 31.2. The van der Waals surface area contributed by atoms with Gasteiger partial charge in [-0.2, -0.15) is 0 Å². The molecule has 0 radical (unpaired) electrons. The van der Waals surface area contributed by atoms with Crippen LogP contribution in [-0.4, -0.2) is 98.5 Å². The molecule has 3 rings (SSSR count). The summed E-state index contributed by atoms with van der Waals surface area (Å²) in [6.07, 6.45) is -2.60. The summed E-state index contributed by atoms with van der Waals surface area (Å²) in [4.78, 5) is 13.1. The first-order valence-corrected chi connectivity index (χ1v) is 20.1. The van der Waals surface area contributed by atoms with Gasteiger partial charge in [-0.15, -0.1) is 0 Å². The minimum Gasteiger partial charge on any atom is -0.497 e. The summed E-state index contributed by atoms with van der Waals surface area (Å²) < 4.78 is 34.7. The number of methoxy groups -OCH3 is 2. The third-order valence-corrected chi connectivity index (χ3v) is 14.0. The van der Waals surface area contributed by atoms with Gasteiger partial charge in [0.1, 0.15) is 17.6 Å². The molecule has 1 heterocycles. The van der Waals surface area contributed by atoms with Gasteiger partial charge >= 0.3 is 5.97 Å². The van der Waals surface area contributed by atoms with Gasteiger partial charge in [0.15, 0.2) is 14.1 Å². The fourth-order valence-corrected chi connectivity index (χ4v) is 6.71. The summed E-state index contributed by atoms with van der Waals surface area (Å²) in [5, 5.41) is 43.2. The fourth-order valence-electron chi connectivity index (χ4n) is 5.65. The van der Waals surface area contributed by atoms with Crippen molar-refractivity contribution >= 4 is 14.3 Å². The Morgan fingerprint density at radius 2 is 1.59 bits per heavy atom. The van der Waals surface area contributed by atoms with Crippen LogP contribution >= 0.6 is 0 Å². The van der Waals surface area contributed by atoms with Crippen LogP contribution in [0.3, 0.4) is 0 Å². The number of esters is 1. The van der Waals surface area contributed by atoms with Crippen LogP contribution in [0.15, 0.2) is 48.5 Å². The molecule has 0 spiro atoms. The molecule has 1 saturated heterocycles. The molecule has 0 bridgehead atoms. The molecule has 0 aromatic heterocycles. The molecule has 276 valence electrons. The minimum absolute atomic E-state index is 0.00322. The molecule has 1 fully saturated rings. The molecule has 49 heavy (non-hydrogen) atoms. The Bertz CT molecular complexity index is 1260. The Balaban J connectivity index is 1.62. The summed E-state index contributed by atoms with van der Waals surface area (Å²) in [5.41, 5.74) is 1.29. The number of hydrogen-bond acceptors (Lipinski definition) is 11. The molecule has 0 saturated carbocycles. The van der Waals surface area contributed by atoms with E-state index in [9.17, 15) is 25.2 Å². The predicted molar refractivity (Wildman–Crippen MR) is 188 cm³/mol. The van der Waals surface area contributed by atoms with E-state index < -0.39 is 44.5 Å². The monoisotopic (exact) mass is 706 g/mol. The Morgan fingerprint density at radius 3 is 2.16 bits per heavy atom. The van der Waals surface area contributed by atoms with E-state index in [1.165, 1.54) is 0 Å². The van der Waals surface area contributed by atoms with Gasteiger partial charge in [-0.05, 0) is 72.9 Å². The summed E-state index contributed by atoms with van der Waals surface area (Å²) in [7, 11) is 1.09. The van der Waals surface area contributed by atoms with Crippen molar-refractivity contribution in [3.63, 3.8) is 0 Å². The van der Waals surface area contributed by atoms with Crippen molar-refractivity contribution in [2.75, 3.05) is 27.4 Å². The Kier molecular flexibility index (Phi) is 15.5. The molecule has 1 aliphatic rings. The van der Waals surface area contributed by atoms with Gasteiger partial charge in [0.25, 0.3) is 0 Å². The van der Waals surface area contributed by atoms with Crippen molar-refractivity contribution in [3.8, 4) is 11.5 Å². The van der Waals surface area contributed by atoms with Gasteiger partial charge in [0.05, 0.1) is 50.8 Å². The van der Waals surface area contributed by atoms with Crippen LogP contribution in [0.5, 0.6) is 11.5 Å². The number of ether oxygens (including phenoxy) is 5. The first-order chi connectivity index (χ1) is 23.1. The molecule has 2 aromatic carbocycles. The zero-order chi connectivity index (χ0) is 36.2. The average Bonchev–Trinajstić information content (AvgIpc) is 3.02. The van der Waals surface area contributed by atoms with E-state index >= 15 is 0 Å². The van der Waals surface area contributed by atoms with Crippen LogP contribution in [0.4, 0.5) is 0 Å². The number of carbonyl (C=O) groups excluding carboxylic acids is 1. The molecular formula is C37H58O11Si. The number of rotatable bonds is 19. The van der Waals surface area contributed by atoms with Crippen molar-refractivity contribution in [2.45, 2.75) is 127 Å². The predicted octanol–water partition coefficient (Wildman–Crippen LogP) is 5.37. The van der Waals surface area contributed by atoms with E-state index in [0.717, 1.165) is 11.3 Å². The largest absolute Gasteiger partial charge is 0.497 e. The zero-order valence-electron chi connectivity index (χ0n) is 30.2. The smallest absolute Gasteiger partial charge is 0.338 e. The highest BCUT2D eigenvalue weighted by atomic mass is 28.4. The molecule has 6 atom stereocenters. The molecule has 12 heteroatoms. The molecule has 11 nitrogen and oxygen atoms in total. The van der Waals surface area contributed by atoms with Crippen LogP contribution in [0, 0.1) is 0 Å².